The summed E-state index contributed by atoms with van der Waals surface area (Å²) in [6.45, 7) is 4.83. The van der Waals surface area contributed by atoms with Gasteiger partial charge in [-0.3, -0.25) is 4.90 Å². The molecule has 0 bridgehead atoms. The Balaban J connectivity index is 1.87. The van der Waals surface area contributed by atoms with Gasteiger partial charge in [-0.05, 0) is 65.2 Å². The summed E-state index contributed by atoms with van der Waals surface area (Å²) in [5.74, 6) is 0.918. The van der Waals surface area contributed by atoms with Gasteiger partial charge in [-0.25, -0.2) is 0 Å². The Hall–Kier alpha value is -0.120. The third-order valence-corrected chi connectivity index (χ3v) is 5.25. The monoisotopic (exact) mass is 253 g/mol. The van der Waals surface area contributed by atoms with E-state index >= 15 is 0 Å². The molecule has 2 N–H and O–H groups in total. The van der Waals surface area contributed by atoms with E-state index in [1.807, 2.05) is 0 Å². The van der Waals surface area contributed by atoms with Crippen LogP contribution in [-0.2, 0) is 0 Å². The van der Waals surface area contributed by atoms with Crippen molar-refractivity contribution < 1.29 is 0 Å². The highest BCUT2D eigenvalue weighted by molar-refractivity contribution is 4.91. The van der Waals surface area contributed by atoms with Gasteiger partial charge in [0.05, 0.1) is 0 Å². The van der Waals surface area contributed by atoms with Crippen LogP contribution in [0.3, 0.4) is 0 Å². The zero-order chi connectivity index (χ0) is 13.1. The molecule has 0 amide bonds. The summed E-state index contributed by atoms with van der Waals surface area (Å²) in [6.07, 6.45) is 7.88. The zero-order valence-electron chi connectivity index (χ0n) is 12.4. The fourth-order valence-electron chi connectivity index (χ4n) is 3.78. The van der Waals surface area contributed by atoms with Crippen molar-refractivity contribution in [2.24, 2.45) is 11.7 Å². The molecule has 1 saturated carbocycles. The number of nitrogens with two attached hydrogens (primary N) is 1. The highest BCUT2D eigenvalue weighted by Gasteiger charge is 2.33. The molecule has 3 nitrogen and oxygen atoms in total. The summed E-state index contributed by atoms with van der Waals surface area (Å²) in [7, 11) is 4.42. The van der Waals surface area contributed by atoms with Crippen LogP contribution in [0.4, 0.5) is 0 Å². The van der Waals surface area contributed by atoms with E-state index in [0.29, 0.717) is 12.1 Å². The number of hydrogen-bond donors (Lipinski definition) is 1. The molecule has 2 rings (SSSR count). The first-order chi connectivity index (χ1) is 8.61. The molecule has 0 aromatic heterocycles. The van der Waals surface area contributed by atoms with Crippen molar-refractivity contribution in [2.75, 3.05) is 27.2 Å². The topological polar surface area (TPSA) is 32.5 Å². The molecular formula is C15H31N3. The molecular weight excluding hydrogens is 222 g/mol. The first kappa shape index (κ1) is 14.3. The maximum Gasteiger partial charge on any atom is 0.0249 e. The lowest BCUT2D eigenvalue weighted by Gasteiger charge is -2.45. The lowest BCUT2D eigenvalue weighted by molar-refractivity contribution is 0.0644. The molecule has 3 unspecified atom stereocenters. The average Bonchev–Trinajstić information content (AvgIpc) is 2.39. The minimum absolute atomic E-state index is 0.420. The SMILES string of the molecule is CCC1CCC(N)C(N2CCC(N(C)C)CC2)C1. The minimum Gasteiger partial charge on any atom is -0.326 e. The number of piperidine rings is 1. The highest BCUT2D eigenvalue weighted by atomic mass is 15.2. The third-order valence-electron chi connectivity index (χ3n) is 5.25. The standard InChI is InChI=1S/C15H31N3/c1-4-12-5-6-14(16)15(11-12)18-9-7-13(8-10-18)17(2)3/h12-15H,4-11,16H2,1-3H3. The second kappa shape index (κ2) is 6.36. The van der Waals surface area contributed by atoms with E-state index in [-0.39, 0.29) is 0 Å². The predicted molar refractivity (Wildman–Crippen MR) is 77.7 cm³/mol. The van der Waals surface area contributed by atoms with E-state index in [0.717, 1.165) is 12.0 Å². The Morgan fingerprint density at radius 2 is 1.78 bits per heavy atom. The largest absolute Gasteiger partial charge is 0.326 e. The van der Waals surface area contributed by atoms with Gasteiger partial charge in [0.2, 0.25) is 0 Å². The first-order valence-electron chi connectivity index (χ1n) is 7.77. The molecule has 3 heteroatoms. The van der Waals surface area contributed by atoms with Crippen molar-refractivity contribution in [2.45, 2.75) is 63.6 Å². The van der Waals surface area contributed by atoms with Crippen LogP contribution in [0.1, 0.15) is 45.4 Å². The fraction of sp³-hybridized carbons (Fsp3) is 1.00. The Morgan fingerprint density at radius 3 is 2.33 bits per heavy atom. The molecule has 0 radical (unpaired) electrons. The Bertz CT molecular complexity index is 246. The van der Waals surface area contributed by atoms with E-state index < -0.39 is 0 Å². The van der Waals surface area contributed by atoms with E-state index in [2.05, 4.69) is 30.8 Å². The van der Waals surface area contributed by atoms with Crippen LogP contribution in [0.5, 0.6) is 0 Å². The summed E-state index contributed by atoms with van der Waals surface area (Å²) >= 11 is 0. The van der Waals surface area contributed by atoms with Crippen molar-refractivity contribution in [3.63, 3.8) is 0 Å². The predicted octanol–water partition coefficient (Wildman–Crippen LogP) is 1.92. The summed E-state index contributed by atoms with van der Waals surface area (Å²) in [4.78, 5) is 5.07. The third kappa shape index (κ3) is 3.25. The normalized spacial score (nSPS) is 36.2. The number of likely N-dealkylation sites (tertiary alicyclic amines) is 1. The van der Waals surface area contributed by atoms with Gasteiger partial charge < -0.3 is 10.6 Å². The van der Waals surface area contributed by atoms with Crippen molar-refractivity contribution in [1.29, 1.82) is 0 Å². The van der Waals surface area contributed by atoms with E-state index in [4.69, 9.17) is 5.73 Å². The molecule has 0 aromatic carbocycles. The highest BCUT2D eigenvalue weighted by Crippen LogP contribution is 2.31. The van der Waals surface area contributed by atoms with Crippen LogP contribution in [0.2, 0.25) is 0 Å². The molecule has 1 saturated heterocycles. The van der Waals surface area contributed by atoms with Crippen LogP contribution in [0.15, 0.2) is 0 Å². The van der Waals surface area contributed by atoms with Crippen molar-refractivity contribution >= 4 is 0 Å². The van der Waals surface area contributed by atoms with E-state index in [1.165, 1.54) is 51.6 Å². The maximum absolute atomic E-state index is 6.37. The summed E-state index contributed by atoms with van der Waals surface area (Å²) < 4.78 is 0. The quantitative estimate of drug-likeness (QED) is 0.834. The van der Waals surface area contributed by atoms with Crippen LogP contribution in [-0.4, -0.2) is 55.1 Å². The summed E-state index contributed by atoms with van der Waals surface area (Å²) in [5, 5.41) is 0. The second-order valence-corrected chi connectivity index (χ2v) is 6.55. The summed E-state index contributed by atoms with van der Waals surface area (Å²) in [6, 6.07) is 1.86. The van der Waals surface area contributed by atoms with Gasteiger partial charge in [0.15, 0.2) is 0 Å². The number of hydrogen-bond acceptors (Lipinski definition) is 3. The lowest BCUT2D eigenvalue weighted by atomic mass is 9.80. The van der Waals surface area contributed by atoms with Crippen molar-refractivity contribution in [3.8, 4) is 0 Å². The van der Waals surface area contributed by atoms with Crippen LogP contribution in [0, 0.1) is 5.92 Å². The Kier molecular flexibility index (Phi) is 5.05. The molecule has 18 heavy (non-hydrogen) atoms. The maximum atomic E-state index is 6.37. The van der Waals surface area contributed by atoms with Gasteiger partial charge in [-0.1, -0.05) is 13.3 Å². The van der Waals surface area contributed by atoms with Crippen molar-refractivity contribution in [3.05, 3.63) is 0 Å². The van der Waals surface area contributed by atoms with E-state index in [1.54, 1.807) is 0 Å². The van der Waals surface area contributed by atoms with Gasteiger partial charge in [-0.15, -0.1) is 0 Å². The molecule has 0 spiro atoms. The van der Waals surface area contributed by atoms with Gasteiger partial charge >= 0.3 is 0 Å². The van der Waals surface area contributed by atoms with E-state index in [9.17, 15) is 0 Å². The van der Waals surface area contributed by atoms with Crippen LogP contribution in [0.25, 0.3) is 0 Å². The number of nitrogens with zero attached hydrogens (tertiary/aromatic N) is 2. The second-order valence-electron chi connectivity index (χ2n) is 6.55. The van der Waals surface area contributed by atoms with Gasteiger partial charge in [0, 0.05) is 18.1 Å². The number of rotatable bonds is 3. The molecule has 3 atom stereocenters. The molecule has 106 valence electrons. The Morgan fingerprint density at radius 1 is 1.11 bits per heavy atom. The average molecular weight is 253 g/mol. The van der Waals surface area contributed by atoms with Crippen LogP contribution >= 0.6 is 0 Å². The van der Waals surface area contributed by atoms with Crippen molar-refractivity contribution in [1.82, 2.24) is 9.80 Å². The minimum atomic E-state index is 0.420. The molecule has 1 aliphatic heterocycles. The molecule has 2 aliphatic rings. The summed E-state index contributed by atoms with van der Waals surface area (Å²) in [5.41, 5.74) is 6.37. The van der Waals surface area contributed by atoms with Crippen LogP contribution < -0.4 is 5.73 Å². The molecule has 1 aliphatic carbocycles. The zero-order valence-corrected chi connectivity index (χ0v) is 12.4. The van der Waals surface area contributed by atoms with Gasteiger partial charge in [0.25, 0.3) is 0 Å². The van der Waals surface area contributed by atoms with Gasteiger partial charge in [-0.2, -0.15) is 0 Å². The first-order valence-corrected chi connectivity index (χ1v) is 7.77. The molecule has 0 aromatic rings. The van der Waals surface area contributed by atoms with Gasteiger partial charge in [0.1, 0.15) is 0 Å². The fourth-order valence-corrected chi connectivity index (χ4v) is 3.78. The molecule has 1 heterocycles. The Labute approximate surface area is 113 Å². The smallest absolute Gasteiger partial charge is 0.0249 e. The molecule has 2 fully saturated rings. The lowest BCUT2D eigenvalue weighted by Crippen LogP contribution is -2.55.